The third-order valence-corrected chi connectivity index (χ3v) is 4.79. The lowest BCUT2D eigenvalue weighted by molar-refractivity contribution is -0.133. The predicted molar refractivity (Wildman–Crippen MR) is 111 cm³/mol. The van der Waals surface area contributed by atoms with Crippen molar-refractivity contribution >= 4 is 29.3 Å². The summed E-state index contributed by atoms with van der Waals surface area (Å²) in [6, 6.07) is 15.8. The number of ketones is 1. The summed E-state index contributed by atoms with van der Waals surface area (Å²) in [5, 5.41) is 3.67. The maximum Gasteiger partial charge on any atom is 0.363 e. The first-order chi connectivity index (χ1) is 15.0. The number of benzene rings is 2. The van der Waals surface area contributed by atoms with Crippen LogP contribution in [0.2, 0.25) is 0 Å². The molecule has 2 aromatic carbocycles. The number of oxime groups is 1. The maximum absolute atomic E-state index is 12.4. The van der Waals surface area contributed by atoms with E-state index in [1.54, 1.807) is 24.3 Å². The molecule has 31 heavy (non-hydrogen) atoms. The van der Waals surface area contributed by atoms with Crippen LogP contribution in [0.3, 0.4) is 0 Å². The molecule has 0 fully saturated rings. The summed E-state index contributed by atoms with van der Waals surface area (Å²) in [5.74, 6) is -2.07. The van der Waals surface area contributed by atoms with Crippen molar-refractivity contribution in [2.24, 2.45) is 5.16 Å². The molecule has 1 aliphatic heterocycles. The van der Waals surface area contributed by atoms with Gasteiger partial charge >= 0.3 is 5.97 Å². The fourth-order valence-electron chi connectivity index (χ4n) is 3.16. The molecule has 0 radical (unpaired) electrons. The van der Waals surface area contributed by atoms with Gasteiger partial charge in [0, 0.05) is 13.0 Å². The second-order valence-electron chi connectivity index (χ2n) is 6.88. The molecule has 0 unspecified atom stereocenters. The molecule has 2 amide bonds. The predicted octanol–water partition coefficient (Wildman–Crippen LogP) is 2.77. The van der Waals surface area contributed by atoms with Crippen LogP contribution < -0.4 is 0 Å². The number of fused-ring (bicyclic) bond motifs is 1. The molecule has 160 valence electrons. The van der Waals surface area contributed by atoms with Gasteiger partial charge < -0.3 is 9.57 Å². The Hall–Kier alpha value is -3.81. The number of methoxy groups -OCH3 is 1. The molecule has 0 bridgehead atoms. The zero-order chi connectivity index (χ0) is 22.2. The molecule has 1 aliphatic rings. The molecule has 8 heteroatoms. The number of amides is 2. The number of carbonyl (C=O) groups excluding carboxylic acids is 4. The number of hydrogen-bond donors (Lipinski definition) is 0. The molecular weight excluding hydrogens is 400 g/mol. The van der Waals surface area contributed by atoms with Gasteiger partial charge in [0.1, 0.15) is 6.61 Å². The van der Waals surface area contributed by atoms with Gasteiger partial charge in [-0.1, -0.05) is 47.6 Å². The minimum absolute atomic E-state index is 0.00575. The number of unbranched alkanes of at least 4 members (excludes halogenated alkanes) is 1. The Kier molecular flexibility index (Phi) is 7.26. The summed E-state index contributed by atoms with van der Waals surface area (Å²) in [7, 11) is 1.16. The first kappa shape index (κ1) is 21.9. The quantitative estimate of drug-likeness (QED) is 0.146. The normalized spacial score (nSPS) is 13.2. The smallest absolute Gasteiger partial charge is 0.363 e. The van der Waals surface area contributed by atoms with Gasteiger partial charge in [0.2, 0.25) is 5.71 Å². The molecule has 2 aromatic rings. The number of rotatable bonds is 10. The van der Waals surface area contributed by atoms with Crippen molar-refractivity contribution in [2.45, 2.75) is 25.9 Å². The first-order valence-electron chi connectivity index (χ1n) is 9.83. The van der Waals surface area contributed by atoms with E-state index < -0.39 is 17.5 Å². The number of nitrogens with zero attached hydrogens (tertiary/aromatic N) is 2. The minimum Gasteiger partial charge on any atom is -0.464 e. The standard InChI is InChI=1S/C23H22N2O6/c1-30-23(29)20(24-31-15-16-9-3-2-4-10-16)19(26)13-7-8-14-25-21(27)17-11-5-6-12-18(17)22(25)28/h2-6,9-12H,7-8,13-15H2,1H3/b24-20+. The van der Waals surface area contributed by atoms with E-state index >= 15 is 0 Å². The lowest BCUT2D eigenvalue weighted by atomic mass is 10.1. The largest absolute Gasteiger partial charge is 0.464 e. The summed E-state index contributed by atoms with van der Waals surface area (Å²) < 4.78 is 4.62. The highest BCUT2D eigenvalue weighted by molar-refractivity contribution is 6.64. The van der Waals surface area contributed by atoms with Gasteiger partial charge in [-0.05, 0) is 30.5 Å². The molecule has 0 spiro atoms. The zero-order valence-electron chi connectivity index (χ0n) is 17.1. The van der Waals surface area contributed by atoms with Crippen molar-refractivity contribution in [1.29, 1.82) is 0 Å². The van der Waals surface area contributed by atoms with Gasteiger partial charge in [-0.15, -0.1) is 0 Å². The van der Waals surface area contributed by atoms with E-state index in [-0.39, 0.29) is 31.4 Å². The lowest BCUT2D eigenvalue weighted by Gasteiger charge is -2.13. The van der Waals surface area contributed by atoms with E-state index in [1.807, 2.05) is 30.3 Å². The highest BCUT2D eigenvalue weighted by Gasteiger charge is 2.34. The molecule has 0 aliphatic carbocycles. The van der Waals surface area contributed by atoms with Crippen LogP contribution in [0.5, 0.6) is 0 Å². The van der Waals surface area contributed by atoms with Gasteiger partial charge in [-0.25, -0.2) is 4.79 Å². The van der Waals surface area contributed by atoms with Gasteiger partial charge in [-0.2, -0.15) is 0 Å². The van der Waals surface area contributed by atoms with Crippen LogP contribution in [0, 0.1) is 0 Å². The monoisotopic (exact) mass is 422 g/mol. The Morgan fingerprint density at radius 2 is 1.52 bits per heavy atom. The van der Waals surface area contributed by atoms with E-state index in [0.717, 1.165) is 12.7 Å². The van der Waals surface area contributed by atoms with E-state index in [4.69, 9.17) is 4.84 Å². The van der Waals surface area contributed by atoms with Gasteiger partial charge in [0.15, 0.2) is 5.78 Å². The minimum atomic E-state index is -0.876. The van der Waals surface area contributed by atoms with Crippen LogP contribution in [0.1, 0.15) is 45.5 Å². The van der Waals surface area contributed by atoms with Gasteiger partial charge in [-0.3, -0.25) is 19.3 Å². The van der Waals surface area contributed by atoms with Crippen molar-refractivity contribution in [1.82, 2.24) is 4.90 Å². The van der Waals surface area contributed by atoms with E-state index in [0.29, 0.717) is 24.0 Å². The molecule has 0 saturated carbocycles. The maximum atomic E-state index is 12.4. The van der Waals surface area contributed by atoms with Gasteiger partial charge in [0.05, 0.1) is 18.2 Å². The molecule has 0 saturated heterocycles. The fraction of sp³-hybridized carbons (Fsp3) is 0.261. The van der Waals surface area contributed by atoms with Crippen LogP contribution >= 0.6 is 0 Å². The molecule has 0 N–H and O–H groups in total. The summed E-state index contributed by atoms with van der Waals surface area (Å²) in [6.45, 7) is 0.295. The topological polar surface area (TPSA) is 102 Å². The Bertz CT molecular complexity index is 981. The average molecular weight is 422 g/mol. The van der Waals surface area contributed by atoms with Crippen molar-refractivity contribution in [2.75, 3.05) is 13.7 Å². The molecule has 0 atom stereocenters. The summed E-state index contributed by atoms with van der Waals surface area (Å²) >= 11 is 0. The van der Waals surface area contributed by atoms with Crippen LogP contribution in [-0.2, 0) is 25.8 Å². The zero-order valence-corrected chi connectivity index (χ0v) is 17.1. The number of hydrogen-bond acceptors (Lipinski definition) is 7. The number of esters is 1. The number of imide groups is 1. The highest BCUT2D eigenvalue weighted by atomic mass is 16.6. The number of carbonyl (C=O) groups is 4. The number of Topliss-reactive ketones (excluding diaryl/α,β-unsaturated/α-hetero) is 1. The second kappa shape index (κ2) is 10.3. The van der Waals surface area contributed by atoms with Crippen molar-refractivity contribution in [3.8, 4) is 0 Å². The molecule has 3 rings (SSSR count). The van der Waals surface area contributed by atoms with Crippen molar-refractivity contribution in [3.05, 3.63) is 71.3 Å². The SMILES string of the molecule is COC(=O)/C(=N/OCc1ccccc1)C(=O)CCCCN1C(=O)c2ccccc2C1=O. The van der Waals surface area contributed by atoms with Crippen LogP contribution in [0.15, 0.2) is 59.8 Å². The van der Waals surface area contributed by atoms with Gasteiger partial charge in [0.25, 0.3) is 11.8 Å². The molecule has 8 nitrogen and oxygen atoms in total. The van der Waals surface area contributed by atoms with Crippen molar-refractivity contribution < 1.29 is 28.8 Å². The van der Waals surface area contributed by atoms with Crippen molar-refractivity contribution in [3.63, 3.8) is 0 Å². The fourth-order valence-corrected chi connectivity index (χ4v) is 3.16. The number of ether oxygens (including phenoxy) is 1. The van der Waals surface area contributed by atoms with Crippen LogP contribution in [0.4, 0.5) is 0 Å². The van der Waals surface area contributed by atoms with Crippen LogP contribution in [-0.4, -0.2) is 47.8 Å². The second-order valence-corrected chi connectivity index (χ2v) is 6.88. The molecular formula is C23H22N2O6. The average Bonchev–Trinajstić information content (AvgIpc) is 3.04. The summed E-state index contributed by atoms with van der Waals surface area (Å²) in [6.07, 6.45) is 0.781. The summed E-state index contributed by atoms with van der Waals surface area (Å²) in [4.78, 5) is 55.3. The Morgan fingerprint density at radius 3 is 2.13 bits per heavy atom. The first-order valence-corrected chi connectivity index (χ1v) is 9.83. The third-order valence-electron chi connectivity index (χ3n) is 4.79. The van der Waals surface area contributed by atoms with Crippen LogP contribution in [0.25, 0.3) is 0 Å². The summed E-state index contributed by atoms with van der Waals surface area (Å²) in [5.41, 5.74) is 1.20. The van der Waals surface area contributed by atoms with E-state index in [1.165, 1.54) is 4.90 Å². The molecule has 0 aromatic heterocycles. The Morgan fingerprint density at radius 1 is 0.903 bits per heavy atom. The Balaban J connectivity index is 1.51. The van der Waals surface area contributed by atoms with E-state index in [2.05, 4.69) is 9.89 Å². The van der Waals surface area contributed by atoms with E-state index in [9.17, 15) is 19.2 Å². The lowest BCUT2D eigenvalue weighted by Crippen LogP contribution is -2.31. The third kappa shape index (κ3) is 5.22. The Labute approximate surface area is 179 Å². The molecule has 1 heterocycles. The highest BCUT2D eigenvalue weighted by Crippen LogP contribution is 2.22.